The predicted octanol–water partition coefficient (Wildman–Crippen LogP) is 1.53. The molecular weight excluding hydrogens is 246 g/mol. The molecule has 2 N–H and O–H groups in total. The van der Waals surface area contributed by atoms with E-state index in [9.17, 15) is 9.59 Å². The first kappa shape index (κ1) is 12.8. The molecule has 0 aliphatic rings. The fourth-order valence-corrected chi connectivity index (χ4v) is 1.70. The molecule has 0 fully saturated rings. The van der Waals surface area contributed by atoms with Crippen LogP contribution in [-0.4, -0.2) is 26.5 Å². The lowest BCUT2D eigenvalue weighted by atomic mass is 10.3. The van der Waals surface area contributed by atoms with Crippen LogP contribution in [0.5, 0.6) is 0 Å². The summed E-state index contributed by atoms with van der Waals surface area (Å²) in [5.74, 6) is -0.948. The molecule has 6 heteroatoms. The van der Waals surface area contributed by atoms with Crippen LogP contribution in [0.4, 0.5) is 5.82 Å². The zero-order valence-electron chi connectivity index (χ0n) is 10.3. The Morgan fingerprint density at radius 2 is 2.11 bits per heavy atom. The second-order valence-electron chi connectivity index (χ2n) is 4.03. The standard InChI is InChI=1S/C13H13N3O3/c1-9-4-2-6-11(14-9)15-13(19)10-5-3-7-16(10)8-12(17)18/h2-7H,8H2,1H3,(H,17,18)(H,14,15,19). The Morgan fingerprint density at radius 3 is 2.79 bits per heavy atom. The van der Waals surface area contributed by atoms with Crippen molar-refractivity contribution in [2.45, 2.75) is 13.5 Å². The predicted molar refractivity (Wildman–Crippen MR) is 69.0 cm³/mol. The number of anilines is 1. The van der Waals surface area contributed by atoms with Gasteiger partial charge >= 0.3 is 5.97 Å². The van der Waals surface area contributed by atoms with Crippen LogP contribution in [0.15, 0.2) is 36.5 Å². The maximum Gasteiger partial charge on any atom is 0.323 e. The lowest BCUT2D eigenvalue weighted by Crippen LogP contribution is -2.19. The van der Waals surface area contributed by atoms with Crippen LogP contribution in [0.2, 0.25) is 0 Å². The zero-order chi connectivity index (χ0) is 13.8. The molecule has 0 unspecified atom stereocenters. The van der Waals surface area contributed by atoms with E-state index in [0.29, 0.717) is 5.82 Å². The quantitative estimate of drug-likeness (QED) is 0.872. The summed E-state index contributed by atoms with van der Waals surface area (Å²) in [5, 5.41) is 11.4. The van der Waals surface area contributed by atoms with Crippen LogP contribution in [0.1, 0.15) is 16.2 Å². The molecule has 98 valence electrons. The van der Waals surface area contributed by atoms with Crippen LogP contribution in [0, 0.1) is 6.92 Å². The average Bonchev–Trinajstić information content (AvgIpc) is 2.76. The van der Waals surface area contributed by atoms with Crippen molar-refractivity contribution in [2.24, 2.45) is 0 Å². The number of carboxylic acids is 1. The lowest BCUT2D eigenvalue weighted by molar-refractivity contribution is -0.137. The van der Waals surface area contributed by atoms with Crippen molar-refractivity contribution in [2.75, 3.05) is 5.32 Å². The van der Waals surface area contributed by atoms with Gasteiger partial charge in [0.25, 0.3) is 5.91 Å². The summed E-state index contributed by atoms with van der Waals surface area (Å²) in [6.45, 7) is 1.57. The number of aromatic nitrogens is 2. The van der Waals surface area contributed by atoms with E-state index in [2.05, 4.69) is 10.3 Å². The summed E-state index contributed by atoms with van der Waals surface area (Å²) >= 11 is 0. The number of carbonyl (C=O) groups is 2. The summed E-state index contributed by atoms with van der Waals surface area (Å²) in [6.07, 6.45) is 1.55. The van der Waals surface area contributed by atoms with E-state index in [1.807, 2.05) is 13.0 Å². The first-order valence-electron chi connectivity index (χ1n) is 5.68. The van der Waals surface area contributed by atoms with Gasteiger partial charge in [-0.1, -0.05) is 6.07 Å². The molecule has 2 aromatic rings. The molecule has 0 spiro atoms. The molecule has 2 rings (SSSR count). The molecule has 0 radical (unpaired) electrons. The number of carboxylic acid groups (broad SMARTS) is 1. The second kappa shape index (κ2) is 5.34. The summed E-state index contributed by atoms with van der Waals surface area (Å²) in [4.78, 5) is 26.9. The third kappa shape index (κ3) is 3.19. The number of aliphatic carboxylic acids is 1. The minimum Gasteiger partial charge on any atom is -0.480 e. The SMILES string of the molecule is Cc1cccc(NC(=O)c2cccn2CC(=O)O)n1. The maximum absolute atomic E-state index is 12.0. The molecule has 0 aliphatic carbocycles. The average molecular weight is 259 g/mol. The van der Waals surface area contributed by atoms with Crippen molar-refractivity contribution < 1.29 is 14.7 Å². The molecule has 0 aromatic carbocycles. The Kier molecular flexibility index (Phi) is 3.61. The van der Waals surface area contributed by atoms with Crippen LogP contribution in [0.3, 0.4) is 0 Å². The molecule has 1 amide bonds. The van der Waals surface area contributed by atoms with Crippen molar-refractivity contribution in [3.63, 3.8) is 0 Å². The van der Waals surface area contributed by atoms with E-state index < -0.39 is 5.97 Å². The molecule has 0 aliphatic heterocycles. The third-order valence-corrected chi connectivity index (χ3v) is 2.50. The maximum atomic E-state index is 12.0. The minimum absolute atomic E-state index is 0.253. The monoisotopic (exact) mass is 259 g/mol. The van der Waals surface area contributed by atoms with Crippen molar-refractivity contribution in [1.29, 1.82) is 0 Å². The molecule has 0 saturated heterocycles. The highest BCUT2D eigenvalue weighted by Crippen LogP contribution is 2.08. The van der Waals surface area contributed by atoms with Gasteiger partial charge in [0.05, 0.1) is 0 Å². The minimum atomic E-state index is -1.00. The molecule has 0 atom stereocenters. The van der Waals surface area contributed by atoms with Gasteiger partial charge in [-0.15, -0.1) is 0 Å². The number of pyridine rings is 1. The number of hydrogen-bond donors (Lipinski definition) is 2. The van der Waals surface area contributed by atoms with Gasteiger partial charge in [0.1, 0.15) is 18.1 Å². The van der Waals surface area contributed by atoms with Crippen LogP contribution in [0.25, 0.3) is 0 Å². The Morgan fingerprint density at radius 1 is 1.32 bits per heavy atom. The highest BCUT2D eigenvalue weighted by atomic mass is 16.4. The second-order valence-corrected chi connectivity index (χ2v) is 4.03. The molecule has 19 heavy (non-hydrogen) atoms. The zero-order valence-corrected chi connectivity index (χ0v) is 10.3. The third-order valence-electron chi connectivity index (χ3n) is 2.50. The number of rotatable bonds is 4. The Labute approximate surface area is 109 Å². The van der Waals surface area contributed by atoms with E-state index >= 15 is 0 Å². The first-order chi connectivity index (χ1) is 9.06. The Bertz CT molecular complexity index is 619. The fraction of sp³-hybridized carbons (Fsp3) is 0.154. The summed E-state index contributed by atoms with van der Waals surface area (Å²) in [7, 11) is 0. The van der Waals surface area contributed by atoms with Crippen molar-refractivity contribution in [1.82, 2.24) is 9.55 Å². The van der Waals surface area contributed by atoms with Crippen molar-refractivity contribution in [3.05, 3.63) is 47.9 Å². The fourth-order valence-electron chi connectivity index (χ4n) is 1.70. The normalized spacial score (nSPS) is 10.2. The number of nitrogens with zero attached hydrogens (tertiary/aromatic N) is 2. The van der Waals surface area contributed by atoms with Gasteiger partial charge in [-0.05, 0) is 31.2 Å². The summed E-state index contributed by atoms with van der Waals surface area (Å²) < 4.78 is 1.37. The van der Waals surface area contributed by atoms with Gasteiger partial charge in [-0.3, -0.25) is 9.59 Å². The number of amides is 1. The van der Waals surface area contributed by atoms with Gasteiger partial charge < -0.3 is 15.0 Å². The van der Waals surface area contributed by atoms with Gasteiger partial charge in [0.15, 0.2) is 0 Å². The van der Waals surface area contributed by atoms with Crippen LogP contribution < -0.4 is 5.32 Å². The molecule has 0 saturated carbocycles. The number of nitrogens with one attached hydrogen (secondary N) is 1. The Hall–Kier alpha value is -2.63. The molecular formula is C13H13N3O3. The van der Waals surface area contributed by atoms with Crippen molar-refractivity contribution >= 4 is 17.7 Å². The molecule has 2 heterocycles. The van der Waals surface area contributed by atoms with E-state index in [1.165, 1.54) is 4.57 Å². The van der Waals surface area contributed by atoms with Crippen LogP contribution in [-0.2, 0) is 11.3 Å². The highest BCUT2D eigenvalue weighted by Gasteiger charge is 2.13. The first-order valence-corrected chi connectivity index (χ1v) is 5.68. The number of hydrogen-bond acceptors (Lipinski definition) is 3. The van der Waals surface area contributed by atoms with Crippen molar-refractivity contribution in [3.8, 4) is 0 Å². The van der Waals surface area contributed by atoms with Gasteiger partial charge in [0, 0.05) is 11.9 Å². The molecule has 2 aromatic heterocycles. The largest absolute Gasteiger partial charge is 0.480 e. The number of carbonyl (C=O) groups excluding carboxylic acids is 1. The Balaban J connectivity index is 2.16. The van der Waals surface area contributed by atoms with E-state index in [-0.39, 0.29) is 18.1 Å². The summed E-state index contributed by atoms with van der Waals surface area (Å²) in [6, 6.07) is 8.47. The smallest absolute Gasteiger partial charge is 0.323 e. The van der Waals surface area contributed by atoms with Gasteiger partial charge in [0.2, 0.25) is 0 Å². The lowest BCUT2D eigenvalue weighted by Gasteiger charge is -2.07. The topological polar surface area (TPSA) is 84.2 Å². The van der Waals surface area contributed by atoms with Gasteiger partial charge in [-0.2, -0.15) is 0 Å². The number of aryl methyl sites for hydroxylation is 1. The summed E-state index contributed by atoms with van der Waals surface area (Å²) in [5.41, 5.74) is 1.07. The molecule has 0 bridgehead atoms. The highest BCUT2D eigenvalue weighted by molar-refractivity contribution is 6.02. The van der Waals surface area contributed by atoms with Gasteiger partial charge in [-0.25, -0.2) is 4.98 Å². The van der Waals surface area contributed by atoms with Crippen LogP contribution >= 0.6 is 0 Å². The van der Waals surface area contributed by atoms with E-state index in [4.69, 9.17) is 5.11 Å². The molecule has 6 nitrogen and oxygen atoms in total. The van der Waals surface area contributed by atoms with E-state index in [1.54, 1.807) is 30.5 Å². The van der Waals surface area contributed by atoms with E-state index in [0.717, 1.165) is 5.69 Å².